The molecular formula is C20H36O4Sn. The molecule has 0 amide bonds. The average Bonchev–Trinajstić information content (AvgIpc) is 2.57. The monoisotopic (exact) mass is 460 g/mol. The Kier molecular flexibility index (Phi) is 23.0. The fraction of sp³-hybridized carbons (Fsp3) is 0.800. The maximum atomic E-state index is 10.5. The summed E-state index contributed by atoms with van der Waals surface area (Å²) in [5.41, 5.74) is -0.185. The third-order valence-corrected chi connectivity index (χ3v) is 7.80. The summed E-state index contributed by atoms with van der Waals surface area (Å²) >= 11 is 0.149. The van der Waals surface area contributed by atoms with E-state index in [0.29, 0.717) is 12.5 Å². The Balaban J connectivity index is 0. The number of carboxylic acid groups (broad SMARTS) is 2. The van der Waals surface area contributed by atoms with Crippen LogP contribution in [-0.2, 0) is 9.59 Å². The maximum absolute atomic E-state index is 10.5. The average molecular weight is 459 g/mol. The summed E-state index contributed by atoms with van der Waals surface area (Å²) in [4.78, 5) is 20.7. The molecule has 0 bridgehead atoms. The molecule has 5 heteroatoms. The predicted molar refractivity (Wildman–Crippen MR) is 101 cm³/mol. The number of aliphatic carboxylic acids is 2. The van der Waals surface area contributed by atoms with E-state index in [1.807, 2.05) is 0 Å². The zero-order valence-corrected chi connectivity index (χ0v) is 19.3. The van der Waals surface area contributed by atoms with Gasteiger partial charge in [-0.15, -0.1) is 0 Å². The molecule has 144 valence electrons. The van der Waals surface area contributed by atoms with Gasteiger partial charge in [0, 0.05) is 0 Å². The van der Waals surface area contributed by atoms with Crippen LogP contribution in [0, 0.1) is 0 Å². The second-order valence-corrected chi connectivity index (χ2v) is 10.5. The van der Waals surface area contributed by atoms with E-state index in [0.717, 1.165) is 25.7 Å². The number of hydrogen-bond acceptors (Lipinski definition) is 4. The molecule has 0 atom stereocenters. The minimum atomic E-state index is -1.48. The molecule has 0 aliphatic heterocycles. The first kappa shape index (κ1) is 26.7. The molecule has 0 heterocycles. The second kappa shape index (κ2) is 21.5. The van der Waals surface area contributed by atoms with E-state index in [2.05, 4.69) is 20.8 Å². The normalized spacial score (nSPS) is 10.6. The molecule has 0 N–H and O–H groups in total. The van der Waals surface area contributed by atoms with Crippen molar-refractivity contribution in [2.45, 2.75) is 100 Å². The van der Waals surface area contributed by atoms with Gasteiger partial charge < -0.3 is 19.8 Å². The number of carbonyl (C=O) groups is 2. The Morgan fingerprint density at radius 3 is 1.68 bits per heavy atom. The molecule has 0 unspecified atom stereocenters. The molecule has 0 fully saturated rings. The Morgan fingerprint density at radius 1 is 0.760 bits per heavy atom. The molecule has 0 aliphatic rings. The van der Waals surface area contributed by atoms with Crippen molar-refractivity contribution in [3.63, 3.8) is 0 Å². The van der Waals surface area contributed by atoms with Crippen molar-refractivity contribution in [1.29, 1.82) is 0 Å². The Labute approximate surface area is 164 Å². The molecule has 0 aromatic rings. The fourth-order valence-electron chi connectivity index (χ4n) is 2.20. The van der Waals surface area contributed by atoms with E-state index in [1.165, 1.54) is 32.1 Å². The van der Waals surface area contributed by atoms with Gasteiger partial charge in [0.25, 0.3) is 0 Å². The molecule has 4 nitrogen and oxygen atoms in total. The van der Waals surface area contributed by atoms with E-state index in [1.54, 1.807) is 8.87 Å². The van der Waals surface area contributed by atoms with Gasteiger partial charge in [-0.25, -0.2) is 0 Å². The van der Waals surface area contributed by atoms with Gasteiger partial charge in [0.1, 0.15) is 0 Å². The van der Waals surface area contributed by atoms with Crippen LogP contribution in [0.2, 0.25) is 8.87 Å². The van der Waals surface area contributed by atoms with E-state index < -0.39 is 11.9 Å². The van der Waals surface area contributed by atoms with Gasteiger partial charge >= 0.3 is 69.5 Å². The predicted octanol–water partition coefficient (Wildman–Crippen LogP) is 3.29. The molecule has 0 radical (unpaired) electrons. The number of rotatable bonds is 15. The van der Waals surface area contributed by atoms with Crippen LogP contribution >= 0.6 is 0 Å². The molecule has 0 spiro atoms. The third-order valence-electron chi connectivity index (χ3n) is 3.77. The zero-order valence-electron chi connectivity index (χ0n) is 16.4. The summed E-state index contributed by atoms with van der Waals surface area (Å²) in [5, 5.41) is 20.7. The molecule has 0 aromatic heterocycles. The second-order valence-electron chi connectivity index (χ2n) is 6.25. The van der Waals surface area contributed by atoms with Gasteiger partial charge in [-0.1, -0.05) is 39.0 Å². The molecule has 25 heavy (non-hydrogen) atoms. The first-order valence-electron chi connectivity index (χ1n) is 9.83. The van der Waals surface area contributed by atoms with Crippen LogP contribution < -0.4 is 10.2 Å². The van der Waals surface area contributed by atoms with Crippen molar-refractivity contribution in [2.75, 3.05) is 0 Å². The van der Waals surface area contributed by atoms with Gasteiger partial charge in [-0.05, 0) is 24.5 Å². The number of carbonyl (C=O) groups excluding carboxylic acids is 2. The van der Waals surface area contributed by atoms with Gasteiger partial charge in [0.2, 0.25) is 0 Å². The van der Waals surface area contributed by atoms with Crippen LogP contribution in [0.1, 0.15) is 91.4 Å². The number of carboxylic acids is 2. The van der Waals surface area contributed by atoms with Crippen LogP contribution in [0.4, 0.5) is 0 Å². The summed E-state index contributed by atoms with van der Waals surface area (Å²) in [6, 6.07) is 0. The van der Waals surface area contributed by atoms with E-state index in [9.17, 15) is 19.8 Å². The summed E-state index contributed by atoms with van der Waals surface area (Å²) in [6.45, 7) is 6.70. The Morgan fingerprint density at radius 2 is 1.24 bits per heavy atom. The van der Waals surface area contributed by atoms with Crippen molar-refractivity contribution < 1.29 is 19.8 Å². The van der Waals surface area contributed by atoms with Crippen LogP contribution in [-0.4, -0.2) is 33.1 Å². The Bertz CT molecular complexity index is 348. The molecule has 0 saturated heterocycles. The van der Waals surface area contributed by atoms with E-state index in [-0.39, 0.29) is 33.1 Å². The number of hydrogen-bond donors (Lipinski definition) is 0. The van der Waals surface area contributed by atoms with Gasteiger partial charge in [-0.2, -0.15) is 0 Å². The zero-order chi connectivity index (χ0) is 19.3. The summed E-state index contributed by atoms with van der Waals surface area (Å²) in [5.74, 6) is -2.90. The Hall–Kier alpha value is -0.521. The van der Waals surface area contributed by atoms with Gasteiger partial charge in [0.05, 0.1) is 11.9 Å². The first-order valence-corrected chi connectivity index (χ1v) is 13.9. The van der Waals surface area contributed by atoms with Crippen LogP contribution in [0.15, 0.2) is 11.6 Å². The minimum absolute atomic E-state index is 0.149. The van der Waals surface area contributed by atoms with Crippen molar-refractivity contribution in [1.82, 2.24) is 0 Å². The SMILES string of the molecule is CCCCCCCC/C(=C/C(=O)[O-])C(=O)[O-].CCC[CH2][Sn+2][CH2]CCC. The van der Waals surface area contributed by atoms with Gasteiger partial charge in [0.15, 0.2) is 0 Å². The van der Waals surface area contributed by atoms with Crippen molar-refractivity contribution >= 4 is 33.1 Å². The molecule has 0 aromatic carbocycles. The van der Waals surface area contributed by atoms with Crippen molar-refractivity contribution in [3.05, 3.63) is 11.6 Å². The van der Waals surface area contributed by atoms with Gasteiger partial charge in [-0.3, -0.25) is 0 Å². The van der Waals surface area contributed by atoms with E-state index >= 15 is 0 Å². The molecule has 0 rings (SSSR count). The van der Waals surface area contributed by atoms with Crippen LogP contribution in [0.3, 0.4) is 0 Å². The molecular weight excluding hydrogens is 423 g/mol. The summed E-state index contributed by atoms with van der Waals surface area (Å²) in [7, 11) is 0. The fourth-order valence-corrected chi connectivity index (χ4v) is 6.36. The van der Waals surface area contributed by atoms with Crippen molar-refractivity contribution in [3.8, 4) is 0 Å². The van der Waals surface area contributed by atoms with Crippen LogP contribution in [0.5, 0.6) is 0 Å². The molecule has 0 aliphatic carbocycles. The van der Waals surface area contributed by atoms with Crippen molar-refractivity contribution in [2.24, 2.45) is 0 Å². The standard InChI is InChI=1S/C12H20O4.2C4H9.Sn/c1-2-3-4-5-6-7-8-10(12(15)16)9-11(13)14;2*1-3-4-2;/h9H,2-8H2,1H3,(H,13,14)(H,15,16);2*1,3-4H2,2H3;/q;;;+2/p-2/b10-9-;;;. The summed E-state index contributed by atoms with van der Waals surface area (Å²) in [6.07, 6.45) is 12.8. The first-order chi connectivity index (χ1) is 12.0. The summed E-state index contributed by atoms with van der Waals surface area (Å²) < 4.78 is 3.25. The van der Waals surface area contributed by atoms with E-state index in [4.69, 9.17) is 0 Å². The number of unbranched alkanes of at least 4 members (excludes halogenated alkanes) is 7. The third kappa shape index (κ3) is 23.5. The molecule has 0 saturated carbocycles. The topological polar surface area (TPSA) is 80.3 Å². The quantitative estimate of drug-likeness (QED) is 0.214. The van der Waals surface area contributed by atoms with Crippen LogP contribution in [0.25, 0.3) is 0 Å².